The summed E-state index contributed by atoms with van der Waals surface area (Å²) in [6.45, 7) is 5.37. The number of esters is 1. The summed E-state index contributed by atoms with van der Waals surface area (Å²) in [5.41, 5.74) is 0. The molecule has 0 fully saturated rings. The van der Waals surface area contributed by atoms with E-state index in [0.717, 1.165) is 31.8 Å². The number of nitrogens with zero attached hydrogens (tertiary/aromatic N) is 1. The summed E-state index contributed by atoms with van der Waals surface area (Å²) in [7, 11) is 0. The maximum Gasteiger partial charge on any atom is 0.417 e. The number of carbonyl (C=O) groups is 2. The fourth-order valence-electron chi connectivity index (χ4n) is 1.24. The molecular weight excluding hydrogens is 238 g/mol. The third kappa shape index (κ3) is 7.85. The molecule has 0 saturated carbocycles. The normalized spacial score (nSPS) is 10.5. The summed E-state index contributed by atoms with van der Waals surface area (Å²) in [5, 5.41) is 1.25. The molecule has 0 aliphatic rings. The molecule has 0 aromatic rings. The van der Waals surface area contributed by atoms with Crippen molar-refractivity contribution in [2.45, 2.75) is 39.5 Å². The minimum absolute atomic E-state index is 0.566. The molecule has 0 aliphatic heterocycles. The zero-order chi connectivity index (χ0) is 13.1. The van der Waals surface area contributed by atoms with E-state index >= 15 is 0 Å². The molecule has 0 aromatic heterocycles. The number of hydrogen-bond donors (Lipinski definition) is 1. The second-order valence-corrected chi connectivity index (χ2v) is 4.00. The lowest BCUT2D eigenvalue weighted by molar-refractivity contribution is -0.132. The third-order valence-electron chi connectivity index (χ3n) is 2.22. The van der Waals surface area contributed by atoms with Crippen molar-refractivity contribution in [3.05, 3.63) is 11.5 Å². The van der Waals surface area contributed by atoms with Gasteiger partial charge in [0.15, 0.2) is 0 Å². The Morgan fingerprint density at radius 1 is 1.18 bits per heavy atom. The van der Waals surface area contributed by atoms with Crippen molar-refractivity contribution in [3.8, 4) is 0 Å². The molecule has 0 atom stereocenters. The van der Waals surface area contributed by atoms with Gasteiger partial charge in [-0.1, -0.05) is 26.7 Å². The van der Waals surface area contributed by atoms with Gasteiger partial charge in [-0.2, -0.15) is 12.6 Å². The van der Waals surface area contributed by atoms with Crippen molar-refractivity contribution < 1.29 is 14.3 Å². The minimum atomic E-state index is -0.678. The smallest absolute Gasteiger partial charge is 0.373 e. The molecular formula is C12H21NO3S. The molecule has 0 aromatic carbocycles. The van der Waals surface area contributed by atoms with Gasteiger partial charge in [-0.15, -0.1) is 0 Å². The number of rotatable bonds is 7. The lowest BCUT2D eigenvalue weighted by Gasteiger charge is -2.20. The molecule has 4 nitrogen and oxygen atoms in total. The van der Waals surface area contributed by atoms with Crippen LogP contribution in [0.4, 0.5) is 4.79 Å². The first-order valence-corrected chi connectivity index (χ1v) is 6.48. The van der Waals surface area contributed by atoms with Gasteiger partial charge in [-0.25, -0.2) is 9.59 Å². The van der Waals surface area contributed by atoms with Crippen molar-refractivity contribution in [2.75, 3.05) is 13.1 Å². The molecule has 0 aliphatic carbocycles. The molecule has 17 heavy (non-hydrogen) atoms. The van der Waals surface area contributed by atoms with Crippen LogP contribution in [0.2, 0.25) is 0 Å². The molecule has 0 N–H and O–H groups in total. The van der Waals surface area contributed by atoms with Crippen molar-refractivity contribution in [3.63, 3.8) is 0 Å². The van der Waals surface area contributed by atoms with Crippen molar-refractivity contribution in [1.29, 1.82) is 0 Å². The lowest BCUT2D eigenvalue weighted by atomic mass is 10.3. The van der Waals surface area contributed by atoms with E-state index in [0.29, 0.717) is 13.1 Å². The van der Waals surface area contributed by atoms with Crippen LogP contribution in [0.1, 0.15) is 39.5 Å². The fraction of sp³-hybridized carbons (Fsp3) is 0.667. The standard InChI is InChI=1S/C12H21NO3S/c1-3-5-8-13(9-6-4-2)12(15)16-11(14)7-10-17/h7,10,17H,3-6,8-9H2,1-2H3/b10-7+. The van der Waals surface area contributed by atoms with Gasteiger partial charge >= 0.3 is 12.1 Å². The second kappa shape index (κ2) is 10.2. The van der Waals surface area contributed by atoms with E-state index in [9.17, 15) is 9.59 Å². The largest absolute Gasteiger partial charge is 0.417 e. The highest BCUT2D eigenvalue weighted by molar-refractivity contribution is 7.83. The number of amides is 1. The first-order chi connectivity index (χ1) is 8.15. The molecule has 0 heterocycles. The van der Waals surface area contributed by atoms with E-state index in [-0.39, 0.29) is 0 Å². The predicted octanol–water partition coefficient (Wildman–Crippen LogP) is 3.00. The van der Waals surface area contributed by atoms with Crippen LogP contribution in [-0.4, -0.2) is 30.1 Å². The van der Waals surface area contributed by atoms with Gasteiger partial charge in [-0.05, 0) is 18.2 Å². The molecule has 5 heteroatoms. The molecule has 0 radical (unpaired) electrons. The molecule has 98 valence electrons. The second-order valence-electron chi connectivity index (χ2n) is 3.70. The summed E-state index contributed by atoms with van der Waals surface area (Å²) in [6, 6.07) is 0. The summed E-state index contributed by atoms with van der Waals surface area (Å²) >= 11 is 3.74. The Hall–Kier alpha value is -0.970. The van der Waals surface area contributed by atoms with Crippen LogP contribution in [0.3, 0.4) is 0 Å². The number of ether oxygens (including phenoxy) is 1. The first-order valence-electron chi connectivity index (χ1n) is 5.97. The molecule has 0 rings (SSSR count). The maximum atomic E-state index is 11.7. The lowest BCUT2D eigenvalue weighted by Crippen LogP contribution is -2.34. The van der Waals surface area contributed by atoms with E-state index in [1.165, 1.54) is 5.41 Å². The van der Waals surface area contributed by atoms with Gasteiger partial charge in [0.25, 0.3) is 0 Å². The van der Waals surface area contributed by atoms with Gasteiger partial charge in [0, 0.05) is 19.2 Å². The quantitative estimate of drug-likeness (QED) is 0.331. The topological polar surface area (TPSA) is 46.6 Å². The minimum Gasteiger partial charge on any atom is -0.373 e. The van der Waals surface area contributed by atoms with Gasteiger partial charge < -0.3 is 9.64 Å². The van der Waals surface area contributed by atoms with Crippen LogP contribution in [0.25, 0.3) is 0 Å². The van der Waals surface area contributed by atoms with Gasteiger partial charge in [0.2, 0.25) is 0 Å². The highest BCUT2D eigenvalue weighted by Crippen LogP contribution is 2.02. The Morgan fingerprint density at radius 2 is 1.71 bits per heavy atom. The predicted molar refractivity (Wildman–Crippen MR) is 71.0 cm³/mol. The molecule has 0 unspecified atom stereocenters. The average molecular weight is 259 g/mol. The van der Waals surface area contributed by atoms with E-state index < -0.39 is 12.1 Å². The molecule has 0 saturated heterocycles. The third-order valence-corrected chi connectivity index (χ3v) is 2.37. The highest BCUT2D eigenvalue weighted by atomic mass is 32.1. The van der Waals surface area contributed by atoms with Gasteiger partial charge in [-0.3, -0.25) is 0 Å². The summed E-state index contributed by atoms with van der Waals surface area (Å²) in [6.07, 6.45) is 4.37. The zero-order valence-corrected chi connectivity index (χ0v) is 11.4. The monoisotopic (exact) mass is 259 g/mol. The maximum absolute atomic E-state index is 11.7. The SMILES string of the molecule is CCCCN(CCCC)C(=O)OC(=O)/C=C/S. The van der Waals surface area contributed by atoms with Crippen LogP contribution in [0, 0.1) is 0 Å². The van der Waals surface area contributed by atoms with E-state index in [4.69, 9.17) is 0 Å². The Kier molecular flexibility index (Phi) is 9.62. The zero-order valence-electron chi connectivity index (χ0n) is 10.5. The van der Waals surface area contributed by atoms with Crippen molar-refractivity contribution >= 4 is 24.7 Å². The average Bonchev–Trinajstić information content (AvgIpc) is 2.29. The Morgan fingerprint density at radius 3 is 2.12 bits per heavy atom. The Balaban J connectivity index is 4.24. The first kappa shape index (κ1) is 16.0. The number of carbonyl (C=O) groups excluding carboxylic acids is 2. The van der Waals surface area contributed by atoms with Crippen LogP contribution < -0.4 is 0 Å². The van der Waals surface area contributed by atoms with Gasteiger partial charge in [0.05, 0.1) is 0 Å². The van der Waals surface area contributed by atoms with Crippen LogP contribution in [-0.2, 0) is 9.53 Å². The van der Waals surface area contributed by atoms with E-state index in [2.05, 4.69) is 31.2 Å². The van der Waals surface area contributed by atoms with E-state index in [1.807, 2.05) is 0 Å². The number of unbranched alkanes of at least 4 members (excludes halogenated alkanes) is 2. The van der Waals surface area contributed by atoms with Crippen molar-refractivity contribution in [2.24, 2.45) is 0 Å². The summed E-state index contributed by atoms with van der Waals surface area (Å²) in [5.74, 6) is -0.678. The Labute approximate surface area is 108 Å². The Bertz CT molecular complexity index is 258. The highest BCUT2D eigenvalue weighted by Gasteiger charge is 2.16. The van der Waals surface area contributed by atoms with Crippen molar-refractivity contribution in [1.82, 2.24) is 4.90 Å². The summed E-state index contributed by atoms with van der Waals surface area (Å²) < 4.78 is 4.66. The van der Waals surface area contributed by atoms with Crippen LogP contribution >= 0.6 is 12.6 Å². The fourth-order valence-corrected chi connectivity index (χ4v) is 1.36. The van der Waals surface area contributed by atoms with Gasteiger partial charge in [0.1, 0.15) is 0 Å². The number of hydrogen-bond acceptors (Lipinski definition) is 4. The van der Waals surface area contributed by atoms with Crippen LogP contribution in [0.15, 0.2) is 11.5 Å². The number of thiol groups is 1. The molecule has 0 spiro atoms. The summed E-state index contributed by atoms with van der Waals surface area (Å²) in [4.78, 5) is 24.3. The molecule has 0 bridgehead atoms. The van der Waals surface area contributed by atoms with E-state index in [1.54, 1.807) is 4.90 Å². The van der Waals surface area contributed by atoms with Crippen LogP contribution in [0.5, 0.6) is 0 Å². The molecule has 1 amide bonds.